The molecule has 0 aromatic heterocycles. The Morgan fingerprint density at radius 3 is 2.27 bits per heavy atom. The molecular weight excluding hydrogens is 140 g/mol. The first-order valence-corrected chi connectivity index (χ1v) is 3.94. The highest BCUT2D eigenvalue weighted by molar-refractivity contribution is 5.97. The summed E-state index contributed by atoms with van der Waals surface area (Å²) in [5.41, 5.74) is 1.01. The van der Waals surface area contributed by atoms with Gasteiger partial charge in [0.25, 0.3) is 0 Å². The molecule has 1 rings (SSSR count). The van der Waals surface area contributed by atoms with Crippen molar-refractivity contribution in [1.29, 1.82) is 0 Å². The molecule has 0 spiro atoms. The summed E-state index contributed by atoms with van der Waals surface area (Å²) in [4.78, 5) is 11.0. The molecule has 2 atom stereocenters. The van der Waals surface area contributed by atoms with Crippen molar-refractivity contribution in [3.63, 3.8) is 0 Å². The van der Waals surface area contributed by atoms with Crippen LogP contribution in [-0.4, -0.2) is 17.0 Å². The van der Waals surface area contributed by atoms with Crippen molar-refractivity contribution in [2.24, 2.45) is 11.8 Å². The zero-order valence-electron chi connectivity index (χ0n) is 7.16. The van der Waals surface area contributed by atoms with Crippen molar-refractivity contribution in [2.75, 3.05) is 0 Å². The van der Waals surface area contributed by atoms with Crippen LogP contribution in [0.3, 0.4) is 0 Å². The second kappa shape index (κ2) is 2.78. The third-order valence-corrected chi connectivity index (χ3v) is 2.25. The van der Waals surface area contributed by atoms with Gasteiger partial charge in [-0.3, -0.25) is 4.79 Å². The summed E-state index contributed by atoms with van der Waals surface area (Å²) in [5, 5.41) is 9.40. The fourth-order valence-electron chi connectivity index (χ4n) is 1.72. The van der Waals surface area contributed by atoms with Gasteiger partial charge in [0.2, 0.25) is 0 Å². The molecule has 2 heteroatoms. The van der Waals surface area contributed by atoms with Crippen molar-refractivity contribution in [3.05, 3.63) is 11.6 Å². The van der Waals surface area contributed by atoms with Crippen molar-refractivity contribution < 1.29 is 9.90 Å². The standard InChI is InChI=1S/C9H14O2/c1-5(2)8-6(3)4-7(10)9(8)11/h4-5,8-9,11H,1-3H3/t8-,9-/m0/s1. The van der Waals surface area contributed by atoms with E-state index in [1.54, 1.807) is 6.08 Å². The maximum absolute atomic E-state index is 11.0. The summed E-state index contributed by atoms with van der Waals surface area (Å²) in [6, 6.07) is 0. The summed E-state index contributed by atoms with van der Waals surface area (Å²) in [6.45, 7) is 5.94. The fourth-order valence-corrected chi connectivity index (χ4v) is 1.72. The number of aliphatic hydroxyl groups is 1. The minimum Gasteiger partial charge on any atom is -0.384 e. The van der Waals surface area contributed by atoms with Crippen molar-refractivity contribution in [3.8, 4) is 0 Å². The molecule has 2 nitrogen and oxygen atoms in total. The van der Waals surface area contributed by atoms with E-state index >= 15 is 0 Å². The monoisotopic (exact) mass is 154 g/mol. The molecule has 1 aliphatic carbocycles. The van der Waals surface area contributed by atoms with Crippen molar-refractivity contribution in [2.45, 2.75) is 26.9 Å². The number of hydrogen-bond donors (Lipinski definition) is 1. The predicted octanol–water partition coefficient (Wildman–Crippen LogP) is 1.15. The van der Waals surface area contributed by atoms with Crippen LogP contribution >= 0.6 is 0 Å². The minimum absolute atomic E-state index is 0.0440. The number of hydrogen-bond acceptors (Lipinski definition) is 2. The molecule has 0 aliphatic heterocycles. The zero-order chi connectivity index (χ0) is 8.59. The summed E-state index contributed by atoms with van der Waals surface area (Å²) < 4.78 is 0. The van der Waals surface area contributed by atoms with Crippen LogP contribution in [0.4, 0.5) is 0 Å². The first-order chi connectivity index (χ1) is 5.04. The van der Waals surface area contributed by atoms with E-state index in [0.29, 0.717) is 5.92 Å². The van der Waals surface area contributed by atoms with Crippen LogP contribution in [0.1, 0.15) is 20.8 Å². The second-order valence-electron chi connectivity index (χ2n) is 3.51. The van der Waals surface area contributed by atoms with E-state index in [9.17, 15) is 9.90 Å². The average Bonchev–Trinajstić information content (AvgIpc) is 2.07. The highest BCUT2D eigenvalue weighted by atomic mass is 16.3. The minimum atomic E-state index is -0.782. The van der Waals surface area contributed by atoms with Gasteiger partial charge in [0.05, 0.1) is 0 Å². The van der Waals surface area contributed by atoms with Gasteiger partial charge >= 0.3 is 0 Å². The Bertz CT molecular complexity index is 204. The molecule has 0 bridgehead atoms. The Balaban J connectivity index is 2.83. The summed E-state index contributed by atoms with van der Waals surface area (Å²) in [5.74, 6) is 0.247. The largest absolute Gasteiger partial charge is 0.384 e. The van der Waals surface area contributed by atoms with Gasteiger partial charge in [0.1, 0.15) is 6.10 Å². The van der Waals surface area contributed by atoms with Crippen LogP contribution in [0.2, 0.25) is 0 Å². The molecular formula is C9H14O2. The van der Waals surface area contributed by atoms with Gasteiger partial charge in [-0.15, -0.1) is 0 Å². The molecule has 0 amide bonds. The van der Waals surface area contributed by atoms with E-state index in [-0.39, 0.29) is 11.7 Å². The zero-order valence-corrected chi connectivity index (χ0v) is 7.16. The lowest BCUT2D eigenvalue weighted by Crippen LogP contribution is -2.26. The first kappa shape index (κ1) is 8.47. The first-order valence-electron chi connectivity index (χ1n) is 3.94. The molecule has 11 heavy (non-hydrogen) atoms. The molecule has 62 valence electrons. The Morgan fingerprint density at radius 2 is 2.09 bits per heavy atom. The van der Waals surface area contributed by atoms with E-state index in [2.05, 4.69) is 0 Å². The average molecular weight is 154 g/mol. The van der Waals surface area contributed by atoms with Crippen LogP contribution in [-0.2, 0) is 4.79 Å². The van der Waals surface area contributed by atoms with E-state index in [4.69, 9.17) is 0 Å². The predicted molar refractivity (Wildman–Crippen MR) is 43.1 cm³/mol. The number of ketones is 1. The maximum atomic E-state index is 11.0. The fraction of sp³-hybridized carbons (Fsp3) is 0.667. The van der Waals surface area contributed by atoms with Gasteiger partial charge in [-0.05, 0) is 18.9 Å². The summed E-state index contributed by atoms with van der Waals surface area (Å²) in [6.07, 6.45) is 0.769. The van der Waals surface area contributed by atoms with Crippen LogP contribution in [0.5, 0.6) is 0 Å². The second-order valence-corrected chi connectivity index (χ2v) is 3.51. The molecule has 0 fully saturated rings. The van der Waals surface area contributed by atoms with Crippen LogP contribution in [0.25, 0.3) is 0 Å². The Kier molecular flexibility index (Phi) is 2.14. The van der Waals surface area contributed by atoms with Crippen LogP contribution in [0, 0.1) is 11.8 Å². The van der Waals surface area contributed by atoms with E-state index < -0.39 is 6.10 Å². The van der Waals surface area contributed by atoms with Crippen LogP contribution < -0.4 is 0 Å². The van der Waals surface area contributed by atoms with Gasteiger partial charge in [0, 0.05) is 5.92 Å². The van der Waals surface area contributed by atoms with Gasteiger partial charge in [-0.1, -0.05) is 19.4 Å². The van der Waals surface area contributed by atoms with E-state index in [1.165, 1.54) is 0 Å². The molecule has 0 heterocycles. The summed E-state index contributed by atoms with van der Waals surface area (Å²) in [7, 11) is 0. The van der Waals surface area contributed by atoms with Gasteiger partial charge in [-0.25, -0.2) is 0 Å². The van der Waals surface area contributed by atoms with E-state index in [0.717, 1.165) is 5.57 Å². The lowest BCUT2D eigenvalue weighted by molar-refractivity contribution is -0.123. The molecule has 0 unspecified atom stereocenters. The Morgan fingerprint density at radius 1 is 1.55 bits per heavy atom. The quantitative estimate of drug-likeness (QED) is 0.615. The van der Waals surface area contributed by atoms with Gasteiger partial charge in [-0.2, -0.15) is 0 Å². The smallest absolute Gasteiger partial charge is 0.184 e. The summed E-state index contributed by atoms with van der Waals surface area (Å²) >= 11 is 0. The third-order valence-electron chi connectivity index (χ3n) is 2.25. The number of rotatable bonds is 1. The maximum Gasteiger partial charge on any atom is 0.184 e. The number of aliphatic hydroxyl groups excluding tert-OH is 1. The number of carbonyl (C=O) groups is 1. The molecule has 0 aromatic rings. The highest BCUT2D eigenvalue weighted by Gasteiger charge is 2.34. The molecule has 0 saturated carbocycles. The van der Waals surface area contributed by atoms with Crippen LogP contribution in [0.15, 0.2) is 11.6 Å². The molecule has 0 aromatic carbocycles. The highest BCUT2D eigenvalue weighted by Crippen LogP contribution is 2.29. The normalized spacial score (nSPS) is 31.4. The SMILES string of the molecule is CC1=CC(=O)[C@H](O)[C@H]1C(C)C. The van der Waals surface area contributed by atoms with Crippen molar-refractivity contribution >= 4 is 5.78 Å². The van der Waals surface area contributed by atoms with E-state index in [1.807, 2.05) is 20.8 Å². The van der Waals surface area contributed by atoms with Gasteiger partial charge < -0.3 is 5.11 Å². The molecule has 1 N–H and O–H groups in total. The lowest BCUT2D eigenvalue weighted by Gasteiger charge is -2.19. The van der Waals surface area contributed by atoms with Gasteiger partial charge in [0.15, 0.2) is 5.78 Å². The molecule has 1 aliphatic rings. The Hall–Kier alpha value is -0.630. The lowest BCUT2D eigenvalue weighted by atomic mass is 9.88. The molecule has 0 radical (unpaired) electrons. The topological polar surface area (TPSA) is 37.3 Å². The van der Waals surface area contributed by atoms with Crippen molar-refractivity contribution in [1.82, 2.24) is 0 Å². The Labute approximate surface area is 66.9 Å². The third kappa shape index (κ3) is 1.36. The molecule has 0 saturated heterocycles. The number of carbonyl (C=O) groups excluding carboxylic acids is 1.